The van der Waals surface area contributed by atoms with Gasteiger partial charge in [0.1, 0.15) is 31.6 Å². The zero-order chi connectivity index (χ0) is 17.7. The van der Waals surface area contributed by atoms with E-state index in [1.165, 1.54) is 20.2 Å². The zero-order valence-corrected chi connectivity index (χ0v) is 13.3. The Labute approximate surface area is 136 Å². The van der Waals surface area contributed by atoms with Gasteiger partial charge in [0.05, 0.1) is 6.33 Å². The van der Waals surface area contributed by atoms with Crippen LogP contribution in [-0.4, -0.2) is 50.8 Å². The smallest absolute Gasteiger partial charge is 0.302 e. The number of esters is 2. The van der Waals surface area contributed by atoms with E-state index in [0.717, 1.165) is 0 Å². The Kier molecular flexibility index (Phi) is 5.47. The Morgan fingerprint density at radius 2 is 1.79 bits per heavy atom. The molecular weight excluding hydrogens is 320 g/mol. The number of imidazole rings is 1. The van der Waals surface area contributed by atoms with Crippen LogP contribution < -0.4 is 11.5 Å². The molecule has 2 rings (SSSR count). The van der Waals surface area contributed by atoms with Crippen molar-refractivity contribution in [3.63, 3.8) is 0 Å². The largest absolute Gasteiger partial charge is 0.463 e. The van der Waals surface area contributed by atoms with Crippen LogP contribution in [0, 0.1) is 0 Å². The van der Waals surface area contributed by atoms with E-state index in [-0.39, 0.29) is 31.7 Å². The first-order valence-corrected chi connectivity index (χ1v) is 6.99. The Morgan fingerprint density at radius 3 is 2.38 bits per heavy atom. The average Bonchev–Trinajstić information content (AvgIpc) is 2.89. The molecule has 0 fully saturated rings. The number of anilines is 2. The fourth-order valence-corrected chi connectivity index (χ4v) is 1.83. The second kappa shape index (κ2) is 7.55. The number of nitrogen functional groups attached to an aromatic ring is 2. The van der Waals surface area contributed by atoms with Gasteiger partial charge in [-0.3, -0.25) is 14.2 Å². The standard InChI is InChI=1S/C13H18N6O5/c1-7(20)22-3-9(4-23-8(2)21)24-6-19-5-16-10-11(14)17-13(15)18-12(10)19/h5,9H,3-4,6H2,1-2H3,(H4,14,15,17,18). The predicted octanol–water partition coefficient (Wildman–Crippen LogP) is -0.540. The summed E-state index contributed by atoms with van der Waals surface area (Å²) in [5.41, 5.74) is 12.1. The van der Waals surface area contributed by atoms with Crippen LogP contribution in [0.15, 0.2) is 6.33 Å². The quantitative estimate of drug-likeness (QED) is 0.628. The third kappa shape index (κ3) is 4.52. The summed E-state index contributed by atoms with van der Waals surface area (Å²) >= 11 is 0. The molecule has 4 N–H and O–H groups in total. The first kappa shape index (κ1) is 17.4. The lowest BCUT2D eigenvalue weighted by molar-refractivity contribution is -0.154. The fourth-order valence-electron chi connectivity index (χ4n) is 1.83. The highest BCUT2D eigenvalue weighted by molar-refractivity contribution is 5.82. The number of fused-ring (bicyclic) bond motifs is 1. The number of aromatic nitrogens is 4. The molecule has 130 valence electrons. The van der Waals surface area contributed by atoms with Gasteiger partial charge in [-0.1, -0.05) is 0 Å². The second-order valence-corrected chi connectivity index (χ2v) is 4.88. The molecule has 2 aromatic rings. The Hall–Kier alpha value is -2.95. The van der Waals surface area contributed by atoms with Crippen LogP contribution in [0.4, 0.5) is 11.8 Å². The van der Waals surface area contributed by atoms with Crippen LogP contribution >= 0.6 is 0 Å². The first-order chi connectivity index (χ1) is 11.4. The van der Waals surface area contributed by atoms with Crippen molar-refractivity contribution in [2.24, 2.45) is 0 Å². The molecule has 0 radical (unpaired) electrons. The molecule has 24 heavy (non-hydrogen) atoms. The molecule has 0 atom stereocenters. The molecule has 0 spiro atoms. The van der Waals surface area contributed by atoms with Crippen molar-refractivity contribution in [2.45, 2.75) is 26.7 Å². The highest BCUT2D eigenvalue weighted by Gasteiger charge is 2.16. The van der Waals surface area contributed by atoms with Crippen molar-refractivity contribution in [2.75, 3.05) is 24.7 Å². The van der Waals surface area contributed by atoms with Crippen LogP contribution in [0.1, 0.15) is 13.8 Å². The fraction of sp³-hybridized carbons (Fsp3) is 0.462. The molecule has 0 aliphatic heterocycles. The van der Waals surface area contributed by atoms with E-state index in [1.807, 2.05) is 0 Å². The second-order valence-electron chi connectivity index (χ2n) is 4.88. The van der Waals surface area contributed by atoms with E-state index in [0.29, 0.717) is 11.2 Å². The van der Waals surface area contributed by atoms with Gasteiger partial charge in [0.15, 0.2) is 11.5 Å². The first-order valence-electron chi connectivity index (χ1n) is 6.99. The summed E-state index contributed by atoms with van der Waals surface area (Å²) < 4.78 is 16.9. The molecule has 0 aromatic carbocycles. The summed E-state index contributed by atoms with van der Waals surface area (Å²) in [6.07, 6.45) is 0.816. The maximum absolute atomic E-state index is 10.9. The van der Waals surface area contributed by atoms with Crippen LogP contribution in [0.3, 0.4) is 0 Å². The van der Waals surface area contributed by atoms with Crippen molar-refractivity contribution in [1.29, 1.82) is 0 Å². The van der Waals surface area contributed by atoms with E-state index in [9.17, 15) is 9.59 Å². The molecule has 11 heteroatoms. The maximum atomic E-state index is 10.9. The lowest BCUT2D eigenvalue weighted by Crippen LogP contribution is -2.28. The van der Waals surface area contributed by atoms with Crippen molar-refractivity contribution >= 4 is 34.9 Å². The normalized spacial score (nSPS) is 11.0. The number of nitrogens with zero attached hydrogens (tertiary/aromatic N) is 4. The number of carbonyl (C=O) groups excluding carboxylic acids is 2. The third-order valence-electron chi connectivity index (χ3n) is 2.90. The van der Waals surface area contributed by atoms with Gasteiger partial charge < -0.3 is 25.7 Å². The van der Waals surface area contributed by atoms with E-state index < -0.39 is 18.0 Å². The van der Waals surface area contributed by atoms with Gasteiger partial charge >= 0.3 is 11.9 Å². The number of nitrogens with two attached hydrogens (primary N) is 2. The Balaban J connectivity index is 2.07. The van der Waals surface area contributed by atoms with Gasteiger partial charge in [-0.25, -0.2) is 4.98 Å². The zero-order valence-electron chi connectivity index (χ0n) is 13.3. The Morgan fingerprint density at radius 1 is 1.17 bits per heavy atom. The summed E-state index contributed by atoms with van der Waals surface area (Å²) in [5.74, 6) is -0.758. The van der Waals surface area contributed by atoms with Crippen molar-refractivity contribution in [3.8, 4) is 0 Å². The van der Waals surface area contributed by atoms with Gasteiger partial charge in [-0.05, 0) is 0 Å². The van der Waals surface area contributed by atoms with Gasteiger partial charge in [0.25, 0.3) is 0 Å². The third-order valence-corrected chi connectivity index (χ3v) is 2.90. The maximum Gasteiger partial charge on any atom is 0.302 e. The molecule has 2 aromatic heterocycles. The van der Waals surface area contributed by atoms with Crippen molar-refractivity contribution in [1.82, 2.24) is 19.5 Å². The minimum Gasteiger partial charge on any atom is -0.463 e. The number of hydrogen-bond donors (Lipinski definition) is 2. The van der Waals surface area contributed by atoms with E-state index in [2.05, 4.69) is 15.0 Å². The van der Waals surface area contributed by atoms with Crippen molar-refractivity contribution < 1.29 is 23.8 Å². The van der Waals surface area contributed by atoms with Crippen LogP contribution in [0.25, 0.3) is 11.2 Å². The van der Waals surface area contributed by atoms with Gasteiger partial charge in [-0.2, -0.15) is 9.97 Å². The summed E-state index contributed by atoms with van der Waals surface area (Å²) in [7, 11) is 0. The molecule has 2 heterocycles. The molecule has 0 aliphatic rings. The lowest BCUT2D eigenvalue weighted by atomic mass is 10.4. The van der Waals surface area contributed by atoms with Gasteiger partial charge in [0, 0.05) is 13.8 Å². The van der Waals surface area contributed by atoms with E-state index in [1.54, 1.807) is 4.57 Å². The summed E-state index contributed by atoms with van der Waals surface area (Å²) in [4.78, 5) is 33.8. The van der Waals surface area contributed by atoms with E-state index >= 15 is 0 Å². The molecule has 0 saturated carbocycles. The minimum atomic E-state index is -0.646. The summed E-state index contributed by atoms with van der Waals surface area (Å²) in [6, 6.07) is 0. The highest BCUT2D eigenvalue weighted by atomic mass is 16.6. The summed E-state index contributed by atoms with van der Waals surface area (Å²) in [5, 5.41) is 0. The van der Waals surface area contributed by atoms with Crippen LogP contribution in [0.2, 0.25) is 0 Å². The average molecular weight is 338 g/mol. The van der Waals surface area contributed by atoms with Crippen molar-refractivity contribution in [3.05, 3.63) is 6.33 Å². The van der Waals surface area contributed by atoms with Gasteiger partial charge in [0.2, 0.25) is 5.95 Å². The molecule has 0 aliphatic carbocycles. The minimum absolute atomic E-state index is 0.0122. The molecule has 0 saturated heterocycles. The lowest BCUT2D eigenvalue weighted by Gasteiger charge is -2.17. The SMILES string of the molecule is CC(=O)OCC(COC(C)=O)OCn1cnc2c(N)nc(N)nc21. The topological polar surface area (TPSA) is 157 Å². The molecule has 11 nitrogen and oxygen atoms in total. The molecule has 0 bridgehead atoms. The molecular formula is C13H18N6O5. The number of rotatable bonds is 7. The van der Waals surface area contributed by atoms with Crippen LogP contribution in [-0.2, 0) is 30.5 Å². The Bertz CT molecular complexity index is 728. The molecule has 0 unspecified atom stereocenters. The molecule has 0 amide bonds. The van der Waals surface area contributed by atoms with Crippen LogP contribution in [0.5, 0.6) is 0 Å². The van der Waals surface area contributed by atoms with E-state index in [4.69, 9.17) is 25.7 Å². The highest BCUT2D eigenvalue weighted by Crippen LogP contribution is 2.17. The number of ether oxygens (including phenoxy) is 3. The predicted molar refractivity (Wildman–Crippen MR) is 82.3 cm³/mol. The number of carbonyl (C=O) groups is 2. The number of hydrogen-bond acceptors (Lipinski definition) is 10. The van der Waals surface area contributed by atoms with Gasteiger partial charge in [-0.15, -0.1) is 0 Å². The monoisotopic (exact) mass is 338 g/mol. The summed E-state index contributed by atoms with van der Waals surface area (Å²) in [6.45, 7) is 2.44.